The second-order valence-electron chi connectivity index (χ2n) is 7.32. The Bertz CT molecular complexity index is 601. The lowest BCUT2D eigenvalue weighted by atomic mass is 9.79. The summed E-state index contributed by atoms with van der Waals surface area (Å²) in [5.41, 5.74) is 1.31. The molecule has 0 aromatic heterocycles. The maximum atomic E-state index is 9.40. The summed E-state index contributed by atoms with van der Waals surface area (Å²) >= 11 is 0. The van der Waals surface area contributed by atoms with Crippen molar-refractivity contribution >= 4 is 5.96 Å². The Kier molecular flexibility index (Phi) is 12.2. The SMILES string of the molecule is CCNC(=NCC(CC)(CC)CCO)NCCCc1ccc(OC)c(OCC)c1. The molecule has 1 aromatic rings. The number of benzene rings is 1. The zero-order valence-electron chi connectivity index (χ0n) is 19.0. The Morgan fingerprint density at radius 3 is 2.45 bits per heavy atom. The number of hydrogen-bond acceptors (Lipinski definition) is 4. The van der Waals surface area contributed by atoms with Gasteiger partial charge in [0.25, 0.3) is 0 Å². The summed E-state index contributed by atoms with van der Waals surface area (Å²) in [4.78, 5) is 4.80. The highest BCUT2D eigenvalue weighted by atomic mass is 16.5. The third-order valence-corrected chi connectivity index (χ3v) is 5.52. The van der Waals surface area contributed by atoms with Gasteiger partial charge in [0.05, 0.1) is 13.7 Å². The van der Waals surface area contributed by atoms with Gasteiger partial charge >= 0.3 is 0 Å². The van der Waals surface area contributed by atoms with E-state index >= 15 is 0 Å². The largest absolute Gasteiger partial charge is 0.493 e. The third-order valence-electron chi connectivity index (χ3n) is 5.52. The molecular weight excluding hydrogens is 366 g/mol. The van der Waals surface area contributed by atoms with Crippen LogP contribution < -0.4 is 20.1 Å². The molecule has 166 valence electrons. The molecule has 6 heteroatoms. The van der Waals surface area contributed by atoms with Crippen LogP contribution in [0.2, 0.25) is 0 Å². The van der Waals surface area contributed by atoms with Crippen molar-refractivity contribution in [2.45, 2.75) is 59.8 Å². The van der Waals surface area contributed by atoms with Gasteiger partial charge < -0.3 is 25.2 Å². The van der Waals surface area contributed by atoms with Crippen LogP contribution in [-0.2, 0) is 6.42 Å². The van der Waals surface area contributed by atoms with E-state index in [1.54, 1.807) is 7.11 Å². The smallest absolute Gasteiger partial charge is 0.191 e. The molecule has 3 N–H and O–H groups in total. The van der Waals surface area contributed by atoms with E-state index in [0.29, 0.717) is 6.61 Å². The van der Waals surface area contributed by atoms with E-state index < -0.39 is 0 Å². The molecule has 0 unspecified atom stereocenters. The van der Waals surface area contributed by atoms with Gasteiger partial charge in [-0.05, 0) is 69.1 Å². The van der Waals surface area contributed by atoms with E-state index in [2.05, 4.69) is 43.5 Å². The number of aliphatic hydroxyl groups excluding tert-OH is 1. The number of aliphatic hydroxyl groups is 1. The lowest BCUT2D eigenvalue weighted by Crippen LogP contribution is -2.39. The maximum absolute atomic E-state index is 9.40. The molecule has 0 amide bonds. The van der Waals surface area contributed by atoms with Crippen molar-refractivity contribution in [3.05, 3.63) is 23.8 Å². The summed E-state index contributed by atoms with van der Waals surface area (Å²) in [5.74, 6) is 2.42. The lowest BCUT2D eigenvalue weighted by molar-refractivity contribution is 0.175. The van der Waals surface area contributed by atoms with Gasteiger partial charge in [-0.3, -0.25) is 4.99 Å². The van der Waals surface area contributed by atoms with E-state index in [-0.39, 0.29) is 12.0 Å². The van der Waals surface area contributed by atoms with Crippen LogP contribution in [0.1, 0.15) is 58.9 Å². The average molecular weight is 408 g/mol. The Labute approximate surface area is 177 Å². The first-order valence-corrected chi connectivity index (χ1v) is 11.0. The van der Waals surface area contributed by atoms with Crippen molar-refractivity contribution in [2.75, 3.05) is 40.0 Å². The van der Waals surface area contributed by atoms with E-state index in [1.165, 1.54) is 5.56 Å². The standard InChI is InChI=1S/C23H41N3O3/c1-6-23(7-2,14-16-27)18-26-22(24-8-3)25-15-10-11-19-12-13-20(28-5)21(17-19)29-9-4/h12-13,17,27H,6-11,14-16,18H2,1-5H3,(H2,24,25,26). The first-order valence-electron chi connectivity index (χ1n) is 11.0. The number of aliphatic imine (C=N–C) groups is 1. The average Bonchev–Trinajstić information content (AvgIpc) is 2.74. The fourth-order valence-corrected chi connectivity index (χ4v) is 3.38. The van der Waals surface area contributed by atoms with Gasteiger partial charge in [-0.15, -0.1) is 0 Å². The molecule has 6 nitrogen and oxygen atoms in total. The van der Waals surface area contributed by atoms with Crippen LogP contribution in [0.3, 0.4) is 0 Å². The zero-order chi connectivity index (χ0) is 21.5. The Hall–Kier alpha value is -1.95. The van der Waals surface area contributed by atoms with Gasteiger partial charge in [0.15, 0.2) is 17.5 Å². The minimum Gasteiger partial charge on any atom is -0.493 e. The highest BCUT2D eigenvalue weighted by molar-refractivity contribution is 5.79. The van der Waals surface area contributed by atoms with Gasteiger partial charge in [0.2, 0.25) is 0 Å². The molecule has 0 spiro atoms. The van der Waals surface area contributed by atoms with Gasteiger partial charge in [-0.25, -0.2) is 0 Å². The van der Waals surface area contributed by atoms with Gasteiger partial charge in [-0.2, -0.15) is 0 Å². The van der Waals surface area contributed by atoms with Crippen LogP contribution in [0.5, 0.6) is 11.5 Å². The Morgan fingerprint density at radius 2 is 1.86 bits per heavy atom. The topological polar surface area (TPSA) is 75.1 Å². The second-order valence-corrected chi connectivity index (χ2v) is 7.32. The lowest BCUT2D eigenvalue weighted by Gasteiger charge is -2.29. The van der Waals surface area contributed by atoms with Crippen LogP contribution in [0.4, 0.5) is 0 Å². The molecule has 29 heavy (non-hydrogen) atoms. The molecule has 0 saturated carbocycles. The van der Waals surface area contributed by atoms with Gasteiger partial charge in [-0.1, -0.05) is 19.9 Å². The number of nitrogens with one attached hydrogen (secondary N) is 2. The molecule has 0 radical (unpaired) electrons. The van der Waals surface area contributed by atoms with Crippen LogP contribution >= 0.6 is 0 Å². The number of rotatable bonds is 14. The molecule has 0 aliphatic carbocycles. The molecule has 0 aliphatic rings. The highest BCUT2D eigenvalue weighted by Gasteiger charge is 2.25. The summed E-state index contributed by atoms with van der Waals surface area (Å²) < 4.78 is 11.0. The maximum Gasteiger partial charge on any atom is 0.191 e. The normalized spacial score (nSPS) is 12.0. The van der Waals surface area contributed by atoms with Crippen molar-refractivity contribution in [1.29, 1.82) is 0 Å². The van der Waals surface area contributed by atoms with E-state index in [1.807, 2.05) is 13.0 Å². The molecule has 0 atom stereocenters. The van der Waals surface area contributed by atoms with Gasteiger partial charge in [0.1, 0.15) is 0 Å². The predicted molar refractivity (Wildman–Crippen MR) is 121 cm³/mol. The van der Waals surface area contributed by atoms with Crippen molar-refractivity contribution < 1.29 is 14.6 Å². The summed E-state index contributed by atoms with van der Waals surface area (Å²) in [5, 5.41) is 16.2. The van der Waals surface area contributed by atoms with Crippen LogP contribution in [-0.4, -0.2) is 51.0 Å². The molecule has 0 aliphatic heterocycles. The summed E-state index contributed by atoms with van der Waals surface area (Å²) in [6, 6.07) is 6.12. The Balaban J connectivity index is 2.61. The quantitative estimate of drug-likeness (QED) is 0.249. The van der Waals surface area contributed by atoms with Crippen molar-refractivity contribution in [3.63, 3.8) is 0 Å². The molecular formula is C23H41N3O3. The predicted octanol–water partition coefficient (Wildman–Crippen LogP) is 3.77. The number of hydrogen-bond donors (Lipinski definition) is 3. The number of nitrogens with zero attached hydrogens (tertiary/aromatic N) is 1. The fourth-order valence-electron chi connectivity index (χ4n) is 3.38. The summed E-state index contributed by atoms with van der Waals surface area (Å²) in [6.07, 6.45) is 4.78. The van der Waals surface area contributed by atoms with Crippen molar-refractivity contribution in [1.82, 2.24) is 10.6 Å². The minimum atomic E-state index is 0.0792. The van der Waals surface area contributed by atoms with E-state index in [9.17, 15) is 5.11 Å². The fraction of sp³-hybridized carbons (Fsp3) is 0.696. The van der Waals surface area contributed by atoms with E-state index in [4.69, 9.17) is 14.5 Å². The molecule has 0 fully saturated rings. The van der Waals surface area contributed by atoms with Crippen LogP contribution in [0.25, 0.3) is 0 Å². The summed E-state index contributed by atoms with van der Waals surface area (Å²) in [7, 11) is 1.66. The van der Waals surface area contributed by atoms with Crippen LogP contribution in [0, 0.1) is 5.41 Å². The zero-order valence-corrected chi connectivity index (χ0v) is 19.0. The highest BCUT2D eigenvalue weighted by Crippen LogP contribution is 2.30. The minimum absolute atomic E-state index is 0.0792. The molecule has 0 saturated heterocycles. The first kappa shape index (κ1) is 25.1. The third kappa shape index (κ3) is 8.52. The number of methoxy groups -OCH3 is 1. The molecule has 0 heterocycles. The number of aryl methyl sites for hydroxylation is 1. The first-order chi connectivity index (χ1) is 14.1. The van der Waals surface area contributed by atoms with Crippen molar-refractivity contribution in [2.24, 2.45) is 10.4 Å². The van der Waals surface area contributed by atoms with Gasteiger partial charge in [0, 0.05) is 26.2 Å². The Morgan fingerprint density at radius 1 is 1.10 bits per heavy atom. The monoisotopic (exact) mass is 407 g/mol. The number of guanidine groups is 1. The molecule has 0 bridgehead atoms. The molecule has 1 rings (SSSR count). The molecule has 1 aromatic carbocycles. The summed E-state index contributed by atoms with van der Waals surface area (Å²) in [6.45, 7) is 11.6. The van der Waals surface area contributed by atoms with Crippen molar-refractivity contribution in [3.8, 4) is 11.5 Å². The van der Waals surface area contributed by atoms with E-state index in [0.717, 1.165) is 69.2 Å². The van der Waals surface area contributed by atoms with Crippen LogP contribution in [0.15, 0.2) is 23.2 Å². The number of ether oxygens (including phenoxy) is 2. The second kappa shape index (κ2) is 14.1.